The van der Waals surface area contributed by atoms with Gasteiger partial charge in [-0.2, -0.15) is 0 Å². The Hall–Kier alpha value is -1.35. The van der Waals surface area contributed by atoms with Crippen molar-refractivity contribution in [2.24, 2.45) is 0 Å². The van der Waals surface area contributed by atoms with Crippen LogP contribution in [0.15, 0.2) is 18.2 Å². The molecule has 0 amide bonds. The molecule has 70 valence electrons. The Balaban J connectivity index is 2.83. The van der Waals surface area contributed by atoms with Gasteiger partial charge in [0.1, 0.15) is 12.0 Å². The van der Waals surface area contributed by atoms with E-state index in [0.29, 0.717) is 18.6 Å². The van der Waals surface area contributed by atoms with E-state index in [1.807, 2.05) is 0 Å². The van der Waals surface area contributed by atoms with Crippen LogP contribution >= 0.6 is 0 Å². The lowest BCUT2D eigenvalue weighted by Crippen LogP contribution is -1.95. The number of hydrogen-bond acceptors (Lipinski definition) is 3. The lowest BCUT2D eigenvalue weighted by Gasteiger charge is -2.03. The van der Waals surface area contributed by atoms with E-state index in [1.165, 1.54) is 6.07 Å². The number of phenolic OH excluding ortho intramolecular Hbond substituents is 1. The van der Waals surface area contributed by atoms with Crippen molar-refractivity contribution in [2.45, 2.75) is 6.42 Å². The summed E-state index contributed by atoms with van der Waals surface area (Å²) in [5, 5.41) is 9.39. The van der Waals surface area contributed by atoms with Crippen molar-refractivity contribution in [3.63, 3.8) is 0 Å². The first-order valence-corrected chi connectivity index (χ1v) is 4.04. The fourth-order valence-electron chi connectivity index (χ4n) is 1.09. The average molecular weight is 180 g/mol. The molecule has 0 aliphatic carbocycles. The van der Waals surface area contributed by atoms with E-state index in [-0.39, 0.29) is 5.75 Å². The molecule has 0 heterocycles. The second kappa shape index (κ2) is 4.62. The summed E-state index contributed by atoms with van der Waals surface area (Å²) in [5.74, 6) is 0.211. The first kappa shape index (κ1) is 9.74. The number of ether oxygens (including phenoxy) is 1. The predicted octanol–water partition coefficient (Wildman–Crippen LogP) is 1.39. The maximum absolute atomic E-state index is 10.4. The third-order valence-electron chi connectivity index (χ3n) is 1.82. The number of aromatic hydroxyl groups is 1. The minimum atomic E-state index is 0.211. The lowest BCUT2D eigenvalue weighted by molar-refractivity contribution is 0.112. The highest BCUT2D eigenvalue weighted by atomic mass is 16.5. The smallest absolute Gasteiger partial charge is 0.150 e. The van der Waals surface area contributed by atoms with Crippen LogP contribution in [0.2, 0.25) is 0 Å². The third-order valence-corrected chi connectivity index (χ3v) is 1.82. The van der Waals surface area contributed by atoms with E-state index in [1.54, 1.807) is 19.2 Å². The predicted molar refractivity (Wildman–Crippen MR) is 49.1 cm³/mol. The van der Waals surface area contributed by atoms with Gasteiger partial charge in [-0.15, -0.1) is 0 Å². The molecular weight excluding hydrogens is 168 g/mol. The summed E-state index contributed by atoms with van der Waals surface area (Å²) < 4.78 is 4.87. The van der Waals surface area contributed by atoms with Gasteiger partial charge in [-0.25, -0.2) is 0 Å². The number of carbonyl (C=O) groups is 1. The Morgan fingerprint density at radius 2 is 2.31 bits per heavy atom. The highest BCUT2D eigenvalue weighted by molar-refractivity contribution is 5.75. The molecule has 0 fully saturated rings. The number of carbonyl (C=O) groups excluding carboxylic acids is 1. The maximum Gasteiger partial charge on any atom is 0.150 e. The van der Waals surface area contributed by atoms with Crippen LogP contribution in [0.4, 0.5) is 0 Å². The molecule has 0 aliphatic rings. The van der Waals surface area contributed by atoms with Crippen molar-refractivity contribution in [3.05, 3.63) is 29.3 Å². The van der Waals surface area contributed by atoms with Crippen molar-refractivity contribution in [1.29, 1.82) is 0 Å². The van der Waals surface area contributed by atoms with Crippen molar-refractivity contribution < 1.29 is 14.6 Å². The van der Waals surface area contributed by atoms with Gasteiger partial charge in [0.05, 0.1) is 6.61 Å². The number of aldehydes is 1. The van der Waals surface area contributed by atoms with E-state index < -0.39 is 0 Å². The summed E-state index contributed by atoms with van der Waals surface area (Å²) in [6, 6.07) is 4.77. The lowest BCUT2D eigenvalue weighted by atomic mass is 10.1. The van der Waals surface area contributed by atoms with Gasteiger partial charge < -0.3 is 9.84 Å². The molecule has 1 aromatic rings. The quantitative estimate of drug-likeness (QED) is 0.712. The summed E-state index contributed by atoms with van der Waals surface area (Å²) in [6.07, 6.45) is 1.37. The summed E-state index contributed by atoms with van der Waals surface area (Å²) in [4.78, 5) is 10.4. The highest BCUT2D eigenvalue weighted by Gasteiger charge is 2.01. The standard InChI is InChI=1S/C10H12O3/c1-13-5-4-9-6-8(7-11)2-3-10(9)12/h2-3,6-7,12H,4-5H2,1H3. The maximum atomic E-state index is 10.4. The van der Waals surface area contributed by atoms with Gasteiger partial charge in [0.25, 0.3) is 0 Å². The minimum Gasteiger partial charge on any atom is -0.508 e. The Labute approximate surface area is 77.0 Å². The summed E-state index contributed by atoms with van der Waals surface area (Å²) in [7, 11) is 1.60. The van der Waals surface area contributed by atoms with Gasteiger partial charge >= 0.3 is 0 Å². The highest BCUT2D eigenvalue weighted by Crippen LogP contribution is 2.18. The van der Waals surface area contributed by atoms with Crippen molar-refractivity contribution in [2.75, 3.05) is 13.7 Å². The third kappa shape index (κ3) is 2.56. The zero-order valence-electron chi connectivity index (χ0n) is 7.49. The van der Waals surface area contributed by atoms with Gasteiger partial charge in [-0.3, -0.25) is 4.79 Å². The number of benzene rings is 1. The number of rotatable bonds is 4. The monoisotopic (exact) mass is 180 g/mol. The minimum absolute atomic E-state index is 0.211. The van der Waals surface area contributed by atoms with Crippen LogP contribution in [0.25, 0.3) is 0 Å². The van der Waals surface area contributed by atoms with Crippen LogP contribution in [0.1, 0.15) is 15.9 Å². The number of hydrogen-bond donors (Lipinski definition) is 1. The zero-order valence-corrected chi connectivity index (χ0v) is 7.49. The van der Waals surface area contributed by atoms with Gasteiger partial charge in [-0.1, -0.05) is 0 Å². The summed E-state index contributed by atoms with van der Waals surface area (Å²) in [6.45, 7) is 0.538. The second-order valence-corrected chi connectivity index (χ2v) is 2.75. The van der Waals surface area contributed by atoms with Gasteiger partial charge in [0, 0.05) is 12.7 Å². The molecule has 0 saturated carbocycles. The SMILES string of the molecule is COCCc1cc(C=O)ccc1O. The molecule has 3 heteroatoms. The van der Waals surface area contributed by atoms with Crippen molar-refractivity contribution in [1.82, 2.24) is 0 Å². The summed E-state index contributed by atoms with van der Waals surface area (Å²) in [5.41, 5.74) is 1.32. The van der Waals surface area contributed by atoms with Crippen LogP contribution < -0.4 is 0 Å². The molecule has 0 atom stereocenters. The topological polar surface area (TPSA) is 46.5 Å². The van der Waals surface area contributed by atoms with Crippen LogP contribution in [0.5, 0.6) is 5.75 Å². The molecule has 0 aromatic heterocycles. The van der Waals surface area contributed by atoms with Gasteiger partial charge in [0.2, 0.25) is 0 Å². The van der Waals surface area contributed by atoms with E-state index in [4.69, 9.17) is 4.74 Å². The second-order valence-electron chi connectivity index (χ2n) is 2.75. The van der Waals surface area contributed by atoms with Gasteiger partial charge in [0.15, 0.2) is 0 Å². The molecule has 0 bridgehead atoms. The molecule has 3 nitrogen and oxygen atoms in total. The van der Waals surface area contributed by atoms with E-state index >= 15 is 0 Å². The molecule has 0 radical (unpaired) electrons. The Bertz CT molecular complexity index is 294. The van der Waals surface area contributed by atoms with Crippen LogP contribution in [0.3, 0.4) is 0 Å². The van der Waals surface area contributed by atoms with Crippen LogP contribution in [0, 0.1) is 0 Å². The normalized spacial score (nSPS) is 9.92. The Morgan fingerprint density at radius 3 is 2.92 bits per heavy atom. The van der Waals surface area contributed by atoms with Crippen molar-refractivity contribution >= 4 is 6.29 Å². The molecule has 1 rings (SSSR count). The molecule has 0 saturated heterocycles. The number of phenols is 1. The fourth-order valence-corrected chi connectivity index (χ4v) is 1.09. The van der Waals surface area contributed by atoms with E-state index in [2.05, 4.69) is 0 Å². The zero-order chi connectivity index (χ0) is 9.68. The summed E-state index contributed by atoms with van der Waals surface area (Å²) >= 11 is 0. The Morgan fingerprint density at radius 1 is 1.54 bits per heavy atom. The molecule has 0 unspecified atom stereocenters. The van der Waals surface area contributed by atoms with E-state index in [9.17, 15) is 9.90 Å². The van der Waals surface area contributed by atoms with E-state index in [0.717, 1.165) is 11.8 Å². The first-order valence-electron chi connectivity index (χ1n) is 4.04. The molecule has 13 heavy (non-hydrogen) atoms. The molecule has 1 N–H and O–H groups in total. The molecular formula is C10H12O3. The molecule has 0 spiro atoms. The fraction of sp³-hybridized carbons (Fsp3) is 0.300. The molecule has 0 aliphatic heterocycles. The van der Waals surface area contributed by atoms with Crippen molar-refractivity contribution in [3.8, 4) is 5.75 Å². The molecule has 1 aromatic carbocycles. The number of methoxy groups -OCH3 is 1. The van der Waals surface area contributed by atoms with Crippen LogP contribution in [-0.2, 0) is 11.2 Å². The largest absolute Gasteiger partial charge is 0.508 e. The van der Waals surface area contributed by atoms with Crippen LogP contribution in [-0.4, -0.2) is 25.1 Å². The first-order chi connectivity index (χ1) is 6.27. The Kier molecular flexibility index (Phi) is 3.46. The van der Waals surface area contributed by atoms with Gasteiger partial charge in [-0.05, 0) is 30.2 Å². The average Bonchev–Trinajstić information content (AvgIpc) is 2.17.